The summed E-state index contributed by atoms with van der Waals surface area (Å²) < 4.78 is 0. The van der Waals surface area contributed by atoms with Gasteiger partial charge < -0.3 is 11.1 Å². The van der Waals surface area contributed by atoms with Crippen LogP contribution >= 0.6 is 23.1 Å². The van der Waals surface area contributed by atoms with E-state index in [-0.39, 0.29) is 4.91 Å². The van der Waals surface area contributed by atoms with Crippen molar-refractivity contribution in [2.24, 2.45) is 5.73 Å². The lowest BCUT2D eigenvalue weighted by Gasteiger charge is -2.13. The first-order valence-corrected chi connectivity index (χ1v) is 11.1. The molecule has 4 rings (SSSR count). The van der Waals surface area contributed by atoms with Gasteiger partial charge in [0.25, 0.3) is 17.1 Å². The zero-order valence-electron chi connectivity index (χ0n) is 16.0. The highest BCUT2D eigenvalue weighted by Gasteiger charge is 2.36. The fraction of sp³-hybridized carbons (Fsp3) is 0.238. The Bertz CT molecular complexity index is 1080. The highest BCUT2D eigenvalue weighted by molar-refractivity contribution is 8.18. The van der Waals surface area contributed by atoms with E-state index in [1.54, 1.807) is 6.08 Å². The lowest BCUT2D eigenvalue weighted by Crippen LogP contribution is -2.36. The molecule has 1 fully saturated rings. The van der Waals surface area contributed by atoms with Gasteiger partial charge in [-0.15, -0.1) is 11.3 Å². The summed E-state index contributed by atoms with van der Waals surface area (Å²) in [6.45, 7) is -0.419. The number of aryl methyl sites for hydroxylation is 1. The van der Waals surface area contributed by atoms with Crippen molar-refractivity contribution in [2.45, 2.75) is 25.7 Å². The molecule has 0 spiro atoms. The van der Waals surface area contributed by atoms with Crippen molar-refractivity contribution in [3.8, 4) is 0 Å². The minimum atomic E-state index is -0.582. The van der Waals surface area contributed by atoms with Crippen molar-refractivity contribution in [3.05, 3.63) is 56.8 Å². The molecule has 0 atom stereocenters. The number of benzene rings is 1. The van der Waals surface area contributed by atoms with Gasteiger partial charge >= 0.3 is 0 Å². The number of nitrogens with one attached hydrogen (secondary N) is 1. The molecule has 2 heterocycles. The molecule has 0 unspecified atom stereocenters. The van der Waals surface area contributed by atoms with E-state index in [0.29, 0.717) is 10.6 Å². The van der Waals surface area contributed by atoms with Crippen molar-refractivity contribution < 1.29 is 19.2 Å². The Morgan fingerprint density at radius 2 is 1.87 bits per heavy atom. The molecule has 0 radical (unpaired) electrons. The lowest BCUT2D eigenvalue weighted by atomic mass is 9.95. The number of amides is 4. The predicted octanol–water partition coefficient (Wildman–Crippen LogP) is 3.40. The van der Waals surface area contributed by atoms with Crippen LogP contribution in [-0.4, -0.2) is 34.4 Å². The monoisotopic (exact) mass is 441 g/mol. The third-order valence-electron chi connectivity index (χ3n) is 4.94. The smallest absolute Gasteiger partial charge is 0.294 e. The van der Waals surface area contributed by atoms with Crippen LogP contribution in [0.3, 0.4) is 0 Å². The Morgan fingerprint density at radius 3 is 2.60 bits per heavy atom. The van der Waals surface area contributed by atoms with Gasteiger partial charge in [0.2, 0.25) is 5.91 Å². The molecule has 0 saturated carbocycles. The number of thioether (sulfide) groups is 1. The van der Waals surface area contributed by atoms with Gasteiger partial charge in [0.05, 0.1) is 10.5 Å². The highest BCUT2D eigenvalue weighted by atomic mass is 32.2. The third-order valence-corrected chi connectivity index (χ3v) is 7.06. The predicted molar refractivity (Wildman–Crippen MR) is 117 cm³/mol. The first-order chi connectivity index (χ1) is 14.4. The zero-order valence-corrected chi connectivity index (χ0v) is 17.6. The Kier molecular flexibility index (Phi) is 5.74. The van der Waals surface area contributed by atoms with Crippen molar-refractivity contribution in [1.29, 1.82) is 0 Å². The second kappa shape index (κ2) is 8.45. The number of carbonyl (C=O) groups excluding carboxylic acids is 4. The number of imide groups is 1. The second-order valence-corrected chi connectivity index (χ2v) is 9.10. The van der Waals surface area contributed by atoms with Gasteiger partial charge in [0.1, 0.15) is 11.5 Å². The minimum Gasteiger partial charge on any atom is -0.365 e. The largest absolute Gasteiger partial charge is 0.365 e. The number of rotatable bonds is 5. The Balaban J connectivity index is 1.49. The van der Waals surface area contributed by atoms with Gasteiger partial charge in [0, 0.05) is 4.88 Å². The average Bonchev–Trinajstić information content (AvgIpc) is 3.21. The summed E-state index contributed by atoms with van der Waals surface area (Å²) in [5.41, 5.74) is 7.60. The lowest BCUT2D eigenvalue weighted by molar-refractivity contribution is -0.127. The number of hydrogen-bond acceptors (Lipinski definition) is 6. The van der Waals surface area contributed by atoms with Crippen LogP contribution in [0.25, 0.3) is 6.08 Å². The van der Waals surface area contributed by atoms with E-state index in [4.69, 9.17) is 5.73 Å². The molecule has 154 valence electrons. The summed E-state index contributed by atoms with van der Waals surface area (Å²) in [5, 5.41) is 2.58. The fourth-order valence-corrected chi connectivity index (χ4v) is 5.71. The molecule has 1 aliphatic heterocycles. The summed E-state index contributed by atoms with van der Waals surface area (Å²) >= 11 is 2.14. The van der Waals surface area contributed by atoms with Crippen molar-refractivity contribution >= 4 is 57.1 Å². The molecular weight excluding hydrogens is 422 g/mol. The number of carbonyl (C=O) groups is 4. The molecular formula is C21H19N3O4S2. The maximum absolute atomic E-state index is 12.6. The van der Waals surface area contributed by atoms with E-state index in [1.807, 2.05) is 30.3 Å². The van der Waals surface area contributed by atoms with Crippen LogP contribution in [0.4, 0.5) is 9.80 Å². The molecule has 4 amide bonds. The van der Waals surface area contributed by atoms with Crippen LogP contribution in [0.15, 0.2) is 35.2 Å². The van der Waals surface area contributed by atoms with Crippen molar-refractivity contribution in [2.75, 3.05) is 11.9 Å². The fourth-order valence-electron chi connectivity index (χ4n) is 3.56. The Labute approximate surface area is 181 Å². The van der Waals surface area contributed by atoms with Crippen LogP contribution in [-0.2, 0) is 22.4 Å². The van der Waals surface area contributed by atoms with Gasteiger partial charge in [0.15, 0.2) is 0 Å². The van der Waals surface area contributed by atoms with E-state index in [2.05, 4.69) is 5.32 Å². The third kappa shape index (κ3) is 4.03. The Morgan fingerprint density at radius 1 is 1.13 bits per heavy atom. The molecule has 3 N–H and O–H groups in total. The van der Waals surface area contributed by atoms with E-state index >= 15 is 0 Å². The van der Waals surface area contributed by atoms with E-state index in [9.17, 15) is 19.2 Å². The molecule has 2 aromatic rings. The number of hydrogen-bond donors (Lipinski definition) is 2. The molecule has 7 nitrogen and oxygen atoms in total. The minimum absolute atomic E-state index is 0.267. The zero-order chi connectivity index (χ0) is 21.3. The molecule has 1 aromatic heterocycles. The first-order valence-electron chi connectivity index (χ1n) is 9.48. The average molecular weight is 442 g/mol. The highest BCUT2D eigenvalue weighted by Crippen LogP contribution is 2.38. The molecule has 0 bridgehead atoms. The second-order valence-electron chi connectivity index (χ2n) is 7.01. The van der Waals surface area contributed by atoms with Gasteiger partial charge in [-0.05, 0) is 54.6 Å². The van der Waals surface area contributed by atoms with Gasteiger partial charge in [-0.25, -0.2) is 0 Å². The number of nitrogens with two attached hydrogens (primary N) is 1. The van der Waals surface area contributed by atoms with Crippen LogP contribution < -0.4 is 11.1 Å². The molecule has 2 aliphatic rings. The number of thiophene rings is 1. The van der Waals surface area contributed by atoms with Crippen molar-refractivity contribution in [3.63, 3.8) is 0 Å². The van der Waals surface area contributed by atoms with Gasteiger partial charge in [-0.2, -0.15) is 0 Å². The Hall–Kier alpha value is -2.91. The van der Waals surface area contributed by atoms with Crippen LogP contribution in [0.2, 0.25) is 0 Å². The van der Waals surface area contributed by atoms with Crippen LogP contribution in [0.1, 0.15) is 39.2 Å². The van der Waals surface area contributed by atoms with Gasteiger partial charge in [-0.1, -0.05) is 30.3 Å². The maximum atomic E-state index is 12.6. The van der Waals surface area contributed by atoms with Crippen LogP contribution in [0.5, 0.6) is 0 Å². The van der Waals surface area contributed by atoms with E-state index in [0.717, 1.165) is 58.3 Å². The maximum Gasteiger partial charge on any atom is 0.294 e. The molecule has 30 heavy (non-hydrogen) atoms. The standard InChI is InChI=1S/C21H19N3O4S2/c22-18(26)17-13-8-4-5-9-14(13)29-19(17)23-16(25)11-24-20(27)15(30-21(24)28)10-12-6-2-1-3-7-12/h1-3,6-7,10H,4-5,8-9,11H2,(H2,22,26)(H,23,25). The SMILES string of the molecule is NC(=O)c1c(NC(=O)CN2C(=O)SC(=Cc3ccccc3)C2=O)sc2c1CCCC2. The van der Waals surface area contributed by atoms with Crippen molar-refractivity contribution in [1.82, 2.24) is 4.90 Å². The normalized spacial score (nSPS) is 17.3. The van der Waals surface area contributed by atoms with E-state index in [1.165, 1.54) is 11.3 Å². The molecule has 1 saturated heterocycles. The number of fused-ring (bicyclic) bond motifs is 1. The van der Waals surface area contributed by atoms with E-state index < -0.39 is 29.5 Å². The molecule has 1 aromatic carbocycles. The number of anilines is 1. The first kappa shape index (κ1) is 20.4. The van der Waals surface area contributed by atoms with Crippen LogP contribution in [0, 0.1) is 0 Å². The number of nitrogens with zero attached hydrogens (tertiary/aromatic N) is 1. The van der Waals surface area contributed by atoms with Gasteiger partial charge in [-0.3, -0.25) is 24.1 Å². The summed E-state index contributed by atoms with van der Waals surface area (Å²) in [6, 6.07) is 9.17. The molecule has 9 heteroatoms. The summed E-state index contributed by atoms with van der Waals surface area (Å²) in [6.07, 6.45) is 5.24. The molecule has 1 aliphatic carbocycles. The number of primary amides is 1. The summed E-state index contributed by atoms with van der Waals surface area (Å²) in [5.74, 6) is -1.63. The summed E-state index contributed by atoms with van der Waals surface area (Å²) in [4.78, 5) is 51.7. The quantitative estimate of drug-likeness (QED) is 0.691. The topological polar surface area (TPSA) is 110 Å². The summed E-state index contributed by atoms with van der Waals surface area (Å²) in [7, 11) is 0.